The van der Waals surface area contributed by atoms with Gasteiger partial charge in [0.25, 0.3) is 11.5 Å². The lowest BCUT2D eigenvalue weighted by Gasteiger charge is -2.26. The monoisotopic (exact) mass is 403 g/mol. The molecule has 30 heavy (non-hydrogen) atoms. The molecule has 1 amide bonds. The van der Waals surface area contributed by atoms with Gasteiger partial charge in [0.05, 0.1) is 22.3 Å². The van der Waals surface area contributed by atoms with Gasteiger partial charge >= 0.3 is 0 Å². The fourth-order valence-electron chi connectivity index (χ4n) is 3.91. The van der Waals surface area contributed by atoms with Gasteiger partial charge in [-0.1, -0.05) is 24.3 Å². The molecular formula is C22H18FN5O2. The molecule has 1 aliphatic rings. The fourth-order valence-corrected chi connectivity index (χ4v) is 3.91. The van der Waals surface area contributed by atoms with Gasteiger partial charge in [0, 0.05) is 43.1 Å². The summed E-state index contributed by atoms with van der Waals surface area (Å²) >= 11 is 0. The van der Waals surface area contributed by atoms with Crippen LogP contribution in [0.15, 0.2) is 53.5 Å². The maximum Gasteiger partial charge on any atom is 0.272 e. The van der Waals surface area contributed by atoms with Gasteiger partial charge in [-0.15, -0.1) is 0 Å². The van der Waals surface area contributed by atoms with E-state index in [1.54, 1.807) is 35.4 Å². The van der Waals surface area contributed by atoms with E-state index in [-0.39, 0.29) is 17.0 Å². The molecule has 0 saturated carbocycles. The van der Waals surface area contributed by atoms with Crippen molar-refractivity contribution >= 4 is 16.7 Å². The standard InChI is InChI=1S/C22H18FN5O2/c23-18-6-5-13(10-20-15-3-1-2-4-16(15)21(29)27-26-20)9-17(18)22(30)28-8-7-19-14(12-28)11-24-25-19/h1-6,9,11H,7-8,10,12H2,(H,24,25)(H,27,29). The van der Waals surface area contributed by atoms with Gasteiger partial charge in [-0.05, 0) is 23.8 Å². The van der Waals surface area contributed by atoms with E-state index in [9.17, 15) is 14.0 Å². The first-order valence-corrected chi connectivity index (χ1v) is 9.65. The third-order valence-corrected chi connectivity index (χ3v) is 5.48. The Morgan fingerprint density at radius 2 is 1.97 bits per heavy atom. The number of carbonyl (C=O) groups is 1. The van der Waals surface area contributed by atoms with E-state index in [2.05, 4.69) is 20.4 Å². The van der Waals surface area contributed by atoms with E-state index in [1.165, 1.54) is 6.07 Å². The number of nitrogens with one attached hydrogen (secondary N) is 2. The van der Waals surface area contributed by atoms with Gasteiger partial charge in [-0.2, -0.15) is 10.2 Å². The quantitative estimate of drug-likeness (QED) is 0.550. The van der Waals surface area contributed by atoms with E-state index in [1.807, 2.05) is 12.1 Å². The van der Waals surface area contributed by atoms with Crippen LogP contribution in [0.25, 0.3) is 10.8 Å². The lowest BCUT2D eigenvalue weighted by molar-refractivity contribution is 0.0729. The van der Waals surface area contributed by atoms with Crippen LogP contribution < -0.4 is 5.56 Å². The van der Waals surface area contributed by atoms with Crippen molar-refractivity contribution in [1.82, 2.24) is 25.3 Å². The lowest BCUT2D eigenvalue weighted by atomic mass is 10.0. The molecule has 7 nitrogen and oxygen atoms in total. The molecule has 2 aromatic heterocycles. The van der Waals surface area contributed by atoms with Crippen LogP contribution in [-0.2, 0) is 19.4 Å². The number of nitrogens with zero attached hydrogens (tertiary/aromatic N) is 3. The summed E-state index contributed by atoms with van der Waals surface area (Å²) < 4.78 is 14.5. The molecule has 4 aromatic rings. The Morgan fingerprint density at radius 3 is 2.83 bits per heavy atom. The molecule has 150 valence electrons. The number of carbonyl (C=O) groups excluding carboxylic acids is 1. The first-order valence-electron chi connectivity index (χ1n) is 9.65. The van der Waals surface area contributed by atoms with E-state index in [4.69, 9.17) is 0 Å². The van der Waals surface area contributed by atoms with Crippen molar-refractivity contribution in [3.05, 3.63) is 92.9 Å². The van der Waals surface area contributed by atoms with Gasteiger partial charge in [0.2, 0.25) is 0 Å². The van der Waals surface area contributed by atoms with Crippen LogP contribution in [0.5, 0.6) is 0 Å². The average molecular weight is 403 g/mol. The van der Waals surface area contributed by atoms with Gasteiger partial charge in [0.1, 0.15) is 5.82 Å². The van der Waals surface area contributed by atoms with Crippen LogP contribution in [-0.4, -0.2) is 37.7 Å². The summed E-state index contributed by atoms with van der Waals surface area (Å²) in [5.41, 5.74) is 3.09. The maximum atomic E-state index is 14.5. The van der Waals surface area contributed by atoms with E-state index in [0.717, 1.165) is 22.2 Å². The largest absolute Gasteiger partial charge is 0.334 e. The molecule has 0 aliphatic carbocycles. The molecule has 2 aromatic carbocycles. The van der Waals surface area contributed by atoms with E-state index < -0.39 is 5.82 Å². The zero-order chi connectivity index (χ0) is 20.7. The van der Waals surface area contributed by atoms with Crippen LogP contribution in [0, 0.1) is 5.82 Å². The number of hydrogen-bond acceptors (Lipinski definition) is 4. The molecule has 1 aliphatic heterocycles. The van der Waals surface area contributed by atoms with Crippen molar-refractivity contribution in [2.75, 3.05) is 6.54 Å². The number of H-pyrrole nitrogens is 2. The number of rotatable bonds is 3. The summed E-state index contributed by atoms with van der Waals surface area (Å²) in [5, 5.41) is 14.9. The molecule has 5 rings (SSSR count). The van der Waals surface area contributed by atoms with Crippen molar-refractivity contribution in [3.8, 4) is 0 Å². The Bertz CT molecular complexity index is 1330. The zero-order valence-corrected chi connectivity index (χ0v) is 16.0. The number of hydrogen-bond donors (Lipinski definition) is 2. The predicted octanol–water partition coefficient (Wildman–Crippen LogP) is 2.57. The van der Waals surface area contributed by atoms with Crippen molar-refractivity contribution in [2.45, 2.75) is 19.4 Å². The van der Waals surface area contributed by atoms with Crippen LogP contribution in [0.4, 0.5) is 4.39 Å². The highest BCUT2D eigenvalue weighted by Gasteiger charge is 2.25. The molecule has 8 heteroatoms. The number of fused-ring (bicyclic) bond motifs is 2. The molecule has 0 radical (unpaired) electrons. The highest BCUT2D eigenvalue weighted by Crippen LogP contribution is 2.22. The number of aromatic nitrogens is 4. The molecule has 0 atom stereocenters. The van der Waals surface area contributed by atoms with Gasteiger partial charge in [-0.3, -0.25) is 14.7 Å². The lowest BCUT2D eigenvalue weighted by Crippen LogP contribution is -2.36. The van der Waals surface area contributed by atoms with Crippen LogP contribution in [0.2, 0.25) is 0 Å². The molecule has 2 N–H and O–H groups in total. The number of benzene rings is 2. The van der Waals surface area contributed by atoms with E-state index in [0.29, 0.717) is 37.0 Å². The number of amides is 1. The third kappa shape index (κ3) is 3.16. The minimum atomic E-state index is -0.555. The Balaban J connectivity index is 1.45. The SMILES string of the molecule is O=C(c1cc(Cc2n[nH]c(=O)c3ccccc23)ccc1F)N1CCc2n[nH]cc2C1. The van der Waals surface area contributed by atoms with Crippen molar-refractivity contribution in [2.24, 2.45) is 0 Å². The Labute approximate surface area is 170 Å². The second kappa shape index (κ2) is 7.22. The fraction of sp³-hybridized carbons (Fsp3) is 0.182. The maximum absolute atomic E-state index is 14.5. The summed E-state index contributed by atoms with van der Waals surface area (Å²) in [6, 6.07) is 11.7. The molecule has 0 spiro atoms. The second-order valence-electron chi connectivity index (χ2n) is 7.37. The summed E-state index contributed by atoms with van der Waals surface area (Å²) in [7, 11) is 0. The molecule has 0 fully saturated rings. The smallest absolute Gasteiger partial charge is 0.272 e. The van der Waals surface area contributed by atoms with E-state index >= 15 is 0 Å². The number of halogens is 1. The molecule has 0 bridgehead atoms. The van der Waals surface area contributed by atoms with Crippen LogP contribution in [0.1, 0.15) is 32.9 Å². The molecular weight excluding hydrogens is 385 g/mol. The summed E-state index contributed by atoms with van der Waals surface area (Å²) in [6.07, 6.45) is 2.78. The third-order valence-electron chi connectivity index (χ3n) is 5.48. The van der Waals surface area contributed by atoms with Crippen molar-refractivity contribution in [3.63, 3.8) is 0 Å². The highest BCUT2D eigenvalue weighted by atomic mass is 19.1. The zero-order valence-electron chi connectivity index (χ0n) is 16.0. The van der Waals surface area contributed by atoms with Crippen molar-refractivity contribution in [1.29, 1.82) is 0 Å². The average Bonchev–Trinajstić information content (AvgIpc) is 3.24. The highest BCUT2D eigenvalue weighted by molar-refractivity contribution is 5.95. The first-order chi connectivity index (χ1) is 14.6. The Morgan fingerprint density at radius 1 is 1.13 bits per heavy atom. The molecule has 3 heterocycles. The number of aromatic amines is 2. The van der Waals surface area contributed by atoms with Crippen molar-refractivity contribution < 1.29 is 9.18 Å². The summed E-state index contributed by atoms with van der Waals surface area (Å²) in [5.74, 6) is -0.901. The minimum absolute atomic E-state index is 0.0353. The first kappa shape index (κ1) is 18.2. The topological polar surface area (TPSA) is 94.7 Å². The minimum Gasteiger partial charge on any atom is -0.334 e. The Kier molecular flexibility index (Phi) is 4.39. The molecule has 0 unspecified atom stereocenters. The van der Waals surface area contributed by atoms with Crippen LogP contribution in [0.3, 0.4) is 0 Å². The molecule has 0 saturated heterocycles. The summed E-state index contributed by atoms with van der Waals surface area (Å²) in [4.78, 5) is 26.6. The summed E-state index contributed by atoms with van der Waals surface area (Å²) in [6.45, 7) is 0.896. The van der Waals surface area contributed by atoms with Gasteiger partial charge < -0.3 is 4.90 Å². The predicted molar refractivity (Wildman–Crippen MR) is 109 cm³/mol. The normalized spacial score (nSPS) is 13.4. The van der Waals surface area contributed by atoms with Gasteiger partial charge in [-0.25, -0.2) is 9.49 Å². The van der Waals surface area contributed by atoms with Crippen LogP contribution >= 0.6 is 0 Å². The Hall–Kier alpha value is -3.81. The second-order valence-corrected chi connectivity index (χ2v) is 7.37. The van der Waals surface area contributed by atoms with Gasteiger partial charge in [0.15, 0.2) is 0 Å².